The van der Waals surface area contributed by atoms with Crippen LogP contribution in [0.5, 0.6) is 0 Å². The topological polar surface area (TPSA) is 64.7 Å². The van der Waals surface area contributed by atoms with Gasteiger partial charge in [0.2, 0.25) is 5.91 Å². The van der Waals surface area contributed by atoms with Crippen molar-refractivity contribution < 1.29 is 9.59 Å². The summed E-state index contributed by atoms with van der Waals surface area (Å²) in [6, 6.07) is 8.06. The average Bonchev–Trinajstić information content (AvgIpc) is 3.18. The second-order valence-electron chi connectivity index (χ2n) is 6.83. The third kappa shape index (κ3) is 4.44. The Morgan fingerprint density at radius 3 is 2.28 bits per heavy atom. The molecule has 2 aliphatic rings. The Hall–Kier alpha value is -2.24. The molecule has 0 bridgehead atoms. The van der Waals surface area contributed by atoms with Crippen LogP contribution in [0.1, 0.15) is 32.6 Å². The van der Waals surface area contributed by atoms with Crippen molar-refractivity contribution in [2.75, 3.05) is 42.9 Å². The number of hydrogen-bond donors (Lipinski definition) is 2. The van der Waals surface area contributed by atoms with Crippen LogP contribution < -0.4 is 15.5 Å². The van der Waals surface area contributed by atoms with Gasteiger partial charge in [0, 0.05) is 50.0 Å². The van der Waals surface area contributed by atoms with Gasteiger partial charge in [-0.25, -0.2) is 4.79 Å². The van der Waals surface area contributed by atoms with Crippen molar-refractivity contribution in [2.24, 2.45) is 5.92 Å². The number of benzene rings is 1. The predicted molar refractivity (Wildman–Crippen MR) is 99.9 cm³/mol. The number of nitrogens with one attached hydrogen (secondary N) is 2. The number of nitrogens with zero attached hydrogens (tertiary/aromatic N) is 2. The summed E-state index contributed by atoms with van der Waals surface area (Å²) >= 11 is 0. The molecule has 2 fully saturated rings. The SMILES string of the molecule is CCNC(=O)N1CCN(c2ccc(NC(=O)C3CCCC3)cc2)CC1. The maximum Gasteiger partial charge on any atom is 0.317 e. The van der Waals surface area contributed by atoms with Crippen molar-refractivity contribution in [2.45, 2.75) is 32.6 Å². The van der Waals surface area contributed by atoms with E-state index < -0.39 is 0 Å². The smallest absolute Gasteiger partial charge is 0.317 e. The molecule has 3 rings (SSSR count). The molecule has 1 saturated carbocycles. The third-order valence-corrected chi connectivity index (χ3v) is 5.12. The number of carbonyl (C=O) groups is 2. The fourth-order valence-electron chi connectivity index (χ4n) is 3.62. The summed E-state index contributed by atoms with van der Waals surface area (Å²) in [6.07, 6.45) is 4.36. The number of carbonyl (C=O) groups excluding carboxylic acids is 2. The molecule has 1 aromatic carbocycles. The van der Waals surface area contributed by atoms with Gasteiger partial charge in [0.25, 0.3) is 0 Å². The van der Waals surface area contributed by atoms with Crippen molar-refractivity contribution in [3.05, 3.63) is 24.3 Å². The lowest BCUT2D eigenvalue weighted by Gasteiger charge is -2.36. The number of urea groups is 1. The quantitative estimate of drug-likeness (QED) is 0.883. The molecule has 25 heavy (non-hydrogen) atoms. The highest BCUT2D eigenvalue weighted by atomic mass is 16.2. The van der Waals surface area contributed by atoms with E-state index in [0.29, 0.717) is 6.54 Å². The highest BCUT2D eigenvalue weighted by Gasteiger charge is 2.23. The van der Waals surface area contributed by atoms with Gasteiger partial charge in [0.15, 0.2) is 0 Å². The van der Waals surface area contributed by atoms with E-state index >= 15 is 0 Å². The van der Waals surface area contributed by atoms with Crippen LogP contribution in [0.4, 0.5) is 16.2 Å². The highest BCUT2D eigenvalue weighted by Crippen LogP contribution is 2.26. The van der Waals surface area contributed by atoms with Crippen LogP contribution in [0, 0.1) is 5.92 Å². The first kappa shape index (κ1) is 17.6. The van der Waals surface area contributed by atoms with Gasteiger partial charge in [0.05, 0.1) is 0 Å². The van der Waals surface area contributed by atoms with Crippen LogP contribution in [0.15, 0.2) is 24.3 Å². The average molecular weight is 344 g/mol. The summed E-state index contributed by atoms with van der Waals surface area (Å²) in [6.45, 7) is 5.70. The summed E-state index contributed by atoms with van der Waals surface area (Å²) in [7, 11) is 0. The van der Waals surface area contributed by atoms with Gasteiger partial charge in [-0.05, 0) is 44.0 Å². The van der Waals surface area contributed by atoms with E-state index in [1.54, 1.807) is 0 Å². The van der Waals surface area contributed by atoms with Crippen LogP contribution >= 0.6 is 0 Å². The maximum atomic E-state index is 12.2. The monoisotopic (exact) mass is 344 g/mol. The van der Waals surface area contributed by atoms with Crippen molar-refractivity contribution in [1.82, 2.24) is 10.2 Å². The van der Waals surface area contributed by atoms with E-state index in [1.165, 1.54) is 12.8 Å². The van der Waals surface area contributed by atoms with Gasteiger partial charge >= 0.3 is 6.03 Å². The second kappa shape index (κ2) is 8.23. The third-order valence-electron chi connectivity index (χ3n) is 5.12. The van der Waals surface area contributed by atoms with Crippen molar-refractivity contribution >= 4 is 23.3 Å². The van der Waals surface area contributed by atoms with E-state index in [4.69, 9.17) is 0 Å². The van der Waals surface area contributed by atoms with E-state index in [9.17, 15) is 9.59 Å². The number of amides is 3. The van der Waals surface area contributed by atoms with Crippen LogP contribution in [0.2, 0.25) is 0 Å². The molecular weight excluding hydrogens is 316 g/mol. The molecule has 1 heterocycles. The molecule has 0 atom stereocenters. The highest BCUT2D eigenvalue weighted by molar-refractivity contribution is 5.92. The molecule has 0 spiro atoms. The molecule has 1 saturated heterocycles. The first-order valence-electron chi connectivity index (χ1n) is 9.36. The van der Waals surface area contributed by atoms with Gasteiger partial charge in [0.1, 0.15) is 0 Å². The zero-order valence-corrected chi connectivity index (χ0v) is 15.0. The lowest BCUT2D eigenvalue weighted by atomic mass is 10.1. The number of hydrogen-bond acceptors (Lipinski definition) is 3. The fourth-order valence-corrected chi connectivity index (χ4v) is 3.62. The Kier molecular flexibility index (Phi) is 5.79. The van der Waals surface area contributed by atoms with Gasteiger partial charge in [-0.2, -0.15) is 0 Å². The normalized spacial score (nSPS) is 18.3. The number of rotatable bonds is 4. The summed E-state index contributed by atoms with van der Waals surface area (Å²) in [4.78, 5) is 28.2. The lowest BCUT2D eigenvalue weighted by molar-refractivity contribution is -0.119. The van der Waals surface area contributed by atoms with Crippen molar-refractivity contribution in [3.63, 3.8) is 0 Å². The molecule has 0 unspecified atom stereocenters. The number of anilines is 2. The maximum absolute atomic E-state index is 12.2. The number of piperazine rings is 1. The van der Waals surface area contributed by atoms with E-state index in [-0.39, 0.29) is 17.9 Å². The summed E-state index contributed by atoms with van der Waals surface area (Å²) < 4.78 is 0. The summed E-state index contributed by atoms with van der Waals surface area (Å²) in [5.74, 6) is 0.336. The van der Waals surface area contributed by atoms with Crippen molar-refractivity contribution in [3.8, 4) is 0 Å². The van der Waals surface area contributed by atoms with Crippen LogP contribution in [-0.4, -0.2) is 49.6 Å². The van der Waals surface area contributed by atoms with Crippen LogP contribution in [0.3, 0.4) is 0 Å². The van der Waals surface area contributed by atoms with E-state index in [2.05, 4.69) is 15.5 Å². The molecule has 6 nitrogen and oxygen atoms in total. The van der Waals surface area contributed by atoms with E-state index in [0.717, 1.165) is 50.4 Å². The second-order valence-corrected chi connectivity index (χ2v) is 6.83. The molecule has 1 aliphatic heterocycles. The zero-order valence-electron chi connectivity index (χ0n) is 15.0. The first-order valence-corrected chi connectivity index (χ1v) is 9.36. The van der Waals surface area contributed by atoms with Gasteiger partial charge in [-0.15, -0.1) is 0 Å². The molecule has 1 aromatic rings. The van der Waals surface area contributed by atoms with E-state index in [1.807, 2.05) is 36.1 Å². The van der Waals surface area contributed by atoms with Crippen LogP contribution in [-0.2, 0) is 4.79 Å². The molecule has 1 aliphatic carbocycles. The largest absolute Gasteiger partial charge is 0.368 e. The Labute approximate surface area is 149 Å². The Balaban J connectivity index is 1.51. The molecule has 0 radical (unpaired) electrons. The molecule has 6 heteroatoms. The Morgan fingerprint density at radius 1 is 1.04 bits per heavy atom. The molecular formula is C19H28N4O2. The Bertz CT molecular complexity index is 588. The minimum Gasteiger partial charge on any atom is -0.368 e. The summed E-state index contributed by atoms with van der Waals surface area (Å²) in [5.41, 5.74) is 2.00. The minimum atomic E-state index is 0.0205. The minimum absolute atomic E-state index is 0.0205. The predicted octanol–water partition coefficient (Wildman–Crippen LogP) is 2.67. The fraction of sp³-hybridized carbons (Fsp3) is 0.579. The molecule has 136 valence electrons. The molecule has 0 aromatic heterocycles. The molecule has 2 N–H and O–H groups in total. The lowest BCUT2D eigenvalue weighted by Crippen LogP contribution is -2.51. The summed E-state index contributed by atoms with van der Waals surface area (Å²) in [5, 5.41) is 5.88. The van der Waals surface area contributed by atoms with Crippen LogP contribution in [0.25, 0.3) is 0 Å². The van der Waals surface area contributed by atoms with Gasteiger partial charge in [-0.3, -0.25) is 4.79 Å². The van der Waals surface area contributed by atoms with Gasteiger partial charge in [-0.1, -0.05) is 12.8 Å². The molecule has 3 amide bonds. The zero-order chi connectivity index (χ0) is 17.6. The Morgan fingerprint density at radius 2 is 1.68 bits per heavy atom. The first-order chi connectivity index (χ1) is 12.2. The van der Waals surface area contributed by atoms with Crippen molar-refractivity contribution in [1.29, 1.82) is 0 Å². The standard InChI is InChI=1S/C19H28N4O2/c1-2-20-19(25)23-13-11-22(12-14-23)17-9-7-16(8-10-17)21-18(24)15-5-3-4-6-15/h7-10,15H,2-6,11-14H2,1H3,(H,20,25)(H,21,24). The van der Waals surface area contributed by atoms with Gasteiger partial charge < -0.3 is 20.4 Å².